The van der Waals surface area contributed by atoms with E-state index in [0.29, 0.717) is 12.0 Å². The van der Waals surface area contributed by atoms with Crippen molar-refractivity contribution in [1.82, 2.24) is 4.98 Å². The maximum Gasteiger partial charge on any atom is 0.123 e. The predicted molar refractivity (Wildman–Crippen MR) is 84.3 cm³/mol. The van der Waals surface area contributed by atoms with Gasteiger partial charge < -0.3 is 10.1 Å². The van der Waals surface area contributed by atoms with Crippen LogP contribution in [0.25, 0.3) is 10.6 Å². The Morgan fingerprint density at radius 3 is 2.75 bits per heavy atom. The molecule has 0 saturated carbocycles. The molecule has 0 aliphatic carbocycles. The van der Waals surface area contributed by atoms with Gasteiger partial charge in [-0.2, -0.15) is 0 Å². The predicted octanol–water partition coefficient (Wildman–Crippen LogP) is 3.96. The summed E-state index contributed by atoms with van der Waals surface area (Å²) in [7, 11) is 0. The summed E-state index contributed by atoms with van der Waals surface area (Å²) in [6.07, 6.45) is 1.16. The monoisotopic (exact) mass is 288 g/mol. The molecule has 3 rings (SSSR count). The number of ether oxygens (including phenoxy) is 1. The van der Waals surface area contributed by atoms with Gasteiger partial charge in [0.1, 0.15) is 5.01 Å². The number of nitrogens with one attached hydrogen (secondary N) is 1. The van der Waals surface area contributed by atoms with Crippen molar-refractivity contribution < 1.29 is 4.74 Å². The number of thiazole rings is 1. The molecule has 1 aromatic heterocycles. The Morgan fingerprint density at radius 2 is 2.15 bits per heavy atom. The third-order valence-corrected chi connectivity index (χ3v) is 4.83. The molecule has 2 atom stereocenters. The van der Waals surface area contributed by atoms with Crippen LogP contribution in [-0.4, -0.2) is 24.2 Å². The van der Waals surface area contributed by atoms with E-state index >= 15 is 0 Å². The molecule has 1 aliphatic rings. The van der Waals surface area contributed by atoms with Gasteiger partial charge in [0.25, 0.3) is 0 Å². The van der Waals surface area contributed by atoms with Crippen molar-refractivity contribution in [2.75, 3.05) is 18.5 Å². The second kappa shape index (κ2) is 5.94. The van der Waals surface area contributed by atoms with Crippen LogP contribution in [-0.2, 0) is 4.74 Å². The van der Waals surface area contributed by atoms with Crippen LogP contribution in [0, 0.1) is 12.8 Å². The molecule has 106 valence electrons. The van der Waals surface area contributed by atoms with Crippen molar-refractivity contribution >= 4 is 17.0 Å². The van der Waals surface area contributed by atoms with Crippen molar-refractivity contribution in [3.63, 3.8) is 0 Å². The number of rotatable bonds is 4. The van der Waals surface area contributed by atoms with Crippen LogP contribution in [0.1, 0.15) is 19.0 Å². The summed E-state index contributed by atoms with van der Waals surface area (Å²) < 4.78 is 5.45. The minimum absolute atomic E-state index is 0.449. The van der Waals surface area contributed by atoms with Gasteiger partial charge in [0.05, 0.1) is 6.61 Å². The first-order chi connectivity index (χ1) is 9.72. The van der Waals surface area contributed by atoms with Crippen LogP contribution < -0.4 is 5.32 Å². The average Bonchev–Trinajstić information content (AvgIpc) is 3.10. The highest BCUT2D eigenvalue weighted by atomic mass is 32.1. The lowest BCUT2D eigenvalue weighted by atomic mass is 10.0. The highest BCUT2D eigenvalue weighted by molar-refractivity contribution is 7.13. The summed E-state index contributed by atoms with van der Waals surface area (Å²) in [5, 5.41) is 6.75. The van der Waals surface area contributed by atoms with Gasteiger partial charge in [-0.05, 0) is 44.5 Å². The van der Waals surface area contributed by atoms with Gasteiger partial charge in [-0.25, -0.2) is 4.98 Å². The molecule has 0 radical (unpaired) electrons. The Balaban J connectivity index is 1.66. The minimum Gasteiger partial charge on any atom is -0.382 e. The maximum atomic E-state index is 5.45. The first-order valence-corrected chi connectivity index (χ1v) is 7.97. The Bertz CT molecular complexity index is 558. The number of anilines is 1. The summed E-state index contributed by atoms with van der Waals surface area (Å²) in [5.74, 6) is 0.622. The molecule has 2 aromatic rings. The first-order valence-electron chi connectivity index (χ1n) is 7.09. The van der Waals surface area contributed by atoms with E-state index in [9.17, 15) is 0 Å². The largest absolute Gasteiger partial charge is 0.382 e. The lowest BCUT2D eigenvalue weighted by Crippen LogP contribution is -2.25. The number of hydrogen-bond acceptors (Lipinski definition) is 4. The van der Waals surface area contributed by atoms with Gasteiger partial charge >= 0.3 is 0 Å². The Morgan fingerprint density at radius 1 is 1.35 bits per heavy atom. The van der Waals surface area contributed by atoms with Crippen LogP contribution >= 0.6 is 11.3 Å². The van der Waals surface area contributed by atoms with Gasteiger partial charge in [-0.15, -0.1) is 11.3 Å². The second-order valence-electron chi connectivity index (χ2n) is 5.43. The Hall–Kier alpha value is -1.39. The normalized spacial score (nSPS) is 20.0. The van der Waals surface area contributed by atoms with Crippen molar-refractivity contribution in [3.8, 4) is 10.6 Å². The quantitative estimate of drug-likeness (QED) is 0.925. The molecular formula is C16H20N2OS. The third-order valence-electron chi connectivity index (χ3n) is 3.82. The van der Waals surface area contributed by atoms with E-state index < -0.39 is 0 Å². The van der Waals surface area contributed by atoms with Crippen molar-refractivity contribution in [3.05, 3.63) is 35.3 Å². The van der Waals surface area contributed by atoms with Gasteiger partial charge in [0, 0.05) is 40.9 Å². The fourth-order valence-electron chi connectivity index (χ4n) is 2.52. The topological polar surface area (TPSA) is 34.1 Å². The molecule has 1 N–H and O–H groups in total. The zero-order valence-electron chi connectivity index (χ0n) is 11.9. The van der Waals surface area contributed by atoms with E-state index in [1.165, 1.54) is 11.3 Å². The summed E-state index contributed by atoms with van der Waals surface area (Å²) >= 11 is 1.69. The van der Waals surface area contributed by atoms with Gasteiger partial charge in [0.2, 0.25) is 0 Å². The molecule has 1 fully saturated rings. The zero-order valence-corrected chi connectivity index (χ0v) is 12.7. The van der Waals surface area contributed by atoms with Crippen molar-refractivity contribution in [2.45, 2.75) is 26.3 Å². The van der Waals surface area contributed by atoms with Crippen molar-refractivity contribution in [2.24, 2.45) is 5.92 Å². The number of hydrogen-bond donors (Lipinski definition) is 1. The van der Waals surface area contributed by atoms with E-state index in [4.69, 9.17) is 4.74 Å². The van der Waals surface area contributed by atoms with Crippen LogP contribution in [0.3, 0.4) is 0 Å². The van der Waals surface area contributed by atoms with Crippen LogP contribution in [0.15, 0.2) is 29.6 Å². The summed E-state index contributed by atoms with van der Waals surface area (Å²) in [6.45, 7) is 6.04. The lowest BCUT2D eigenvalue weighted by Gasteiger charge is -2.20. The van der Waals surface area contributed by atoms with E-state index in [-0.39, 0.29) is 0 Å². The maximum absolute atomic E-state index is 5.45. The van der Waals surface area contributed by atoms with Crippen molar-refractivity contribution in [1.29, 1.82) is 0 Å². The van der Waals surface area contributed by atoms with Gasteiger partial charge in [0.15, 0.2) is 0 Å². The first kappa shape index (κ1) is 13.6. The highest BCUT2D eigenvalue weighted by Crippen LogP contribution is 2.26. The molecule has 1 aliphatic heterocycles. The van der Waals surface area contributed by atoms with Crippen LogP contribution in [0.4, 0.5) is 5.69 Å². The number of aromatic nitrogens is 1. The summed E-state index contributed by atoms with van der Waals surface area (Å²) in [4.78, 5) is 4.52. The number of benzene rings is 1. The molecule has 1 saturated heterocycles. The van der Waals surface area contributed by atoms with E-state index in [1.807, 2.05) is 6.92 Å². The number of aryl methyl sites for hydroxylation is 1. The molecule has 0 bridgehead atoms. The third kappa shape index (κ3) is 3.02. The Labute approximate surface area is 124 Å². The second-order valence-corrected chi connectivity index (χ2v) is 6.29. The molecular weight excluding hydrogens is 268 g/mol. The highest BCUT2D eigenvalue weighted by Gasteiger charge is 2.21. The minimum atomic E-state index is 0.449. The molecule has 20 heavy (non-hydrogen) atoms. The van der Waals surface area contributed by atoms with Crippen LogP contribution in [0.5, 0.6) is 0 Å². The van der Waals surface area contributed by atoms with Crippen LogP contribution in [0.2, 0.25) is 0 Å². The molecule has 2 heterocycles. The molecule has 1 aromatic carbocycles. The smallest absolute Gasteiger partial charge is 0.123 e. The van der Waals surface area contributed by atoms with E-state index in [0.717, 1.165) is 30.3 Å². The SMILES string of the molecule is Cc1csc(-c2ccc(N[C@@H](C)[C@@H]3CCOC3)cc2)n1. The lowest BCUT2D eigenvalue weighted by molar-refractivity contribution is 0.183. The average molecular weight is 288 g/mol. The molecule has 0 unspecified atom stereocenters. The fraction of sp³-hybridized carbons (Fsp3) is 0.438. The van der Waals surface area contributed by atoms with E-state index in [2.05, 4.69) is 46.9 Å². The fourth-order valence-corrected chi connectivity index (χ4v) is 3.33. The standard InChI is InChI=1S/C16H20N2OS/c1-11-10-20-16(17-11)13-3-5-15(6-4-13)18-12(2)14-7-8-19-9-14/h3-6,10,12,14,18H,7-9H2,1-2H3/t12-,14+/m0/s1. The summed E-state index contributed by atoms with van der Waals surface area (Å²) in [5.41, 5.74) is 3.44. The molecule has 0 amide bonds. The van der Waals surface area contributed by atoms with Gasteiger partial charge in [-0.1, -0.05) is 0 Å². The van der Waals surface area contributed by atoms with Gasteiger partial charge in [-0.3, -0.25) is 0 Å². The zero-order chi connectivity index (χ0) is 13.9. The molecule has 4 heteroatoms. The van der Waals surface area contributed by atoms with E-state index in [1.54, 1.807) is 11.3 Å². The molecule has 3 nitrogen and oxygen atoms in total. The number of nitrogens with zero attached hydrogens (tertiary/aromatic N) is 1. The Kier molecular flexibility index (Phi) is 4.03. The summed E-state index contributed by atoms with van der Waals surface area (Å²) in [6, 6.07) is 9.00. The molecule has 0 spiro atoms.